The molecule has 1 atom stereocenters. The zero-order valence-corrected chi connectivity index (χ0v) is 9.91. The van der Waals surface area contributed by atoms with Crippen molar-refractivity contribution < 1.29 is 23.4 Å². The second-order valence-electron chi connectivity index (χ2n) is 4.51. The first-order valence-corrected chi connectivity index (χ1v) is 5.21. The SMILES string of the molecule is CCC(C)(C)C1(OC(=O)O)N=CC=CC1(F)F. The number of alkyl halides is 2. The fourth-order valence-electron chi connectivity index (χ4n) is 1.74. The molecule has 0 bridgehead atoms. The third kappa shape index (κ3) is 2.03. The first-order chi connectivity index (χ1) is 7.68. The van der Waals surface area contributed by atoms with E-state index in [1.165, 1.54) is 13.8 Å². The molecule has 0 saturated heterocycles. The van der Waals surface area contributed by atoms with Crippen molar-refractivity contribution in [2.24, 2.45) is 10.4 Å². The van der Waals surface area contributed by atoms with E-state index in [-0.39, 0.29) is 0 Å². The average molecular weight is 247 g/mol. The molecule has 0 aliphatic carbocycles. The van der Waals surface area contributed by atoms with Gasteiger partial charge in [0, 0.05) is 11.6 Å². The van der Waals surface area contributed by atoms with E-state index in [4.69, 9.17) is 5.11 Å². The molecular weight excluding hydrogens is 232 g/mol. The molecule has 17 heavy (non-hydrogen) atoms. The van der Waals surface area contributed by atoms with Gasteiger partial charge in [-0.05, 0) is 18.6 Å². The van der Waals surface area contributed by atoms with Crippen LogP contribution in [0.25, 0.3) is 0 Å². The maximum Gasteiger partial charge on any atom is 0.508 e. The normalized spacial score (nSPS) is 26.9. The van der Waals surface area contributed by atoms with Crippen molar-refractivity contribution in [1.82, 2.24) is 0 Å². The third-order valence-corrected chi connectivity index (χ3v) is 3.14. The number of dihydropyridines is 1. The van der Waals surface area contributed by atoms with Crippen LogP contribution in [0, 0.1) is 5.41 Å². The van der Waals surface area contributed by atoms with Gasteiger partial charge in [0.15, 0.2) is 0 Å². The molecule has 96 valence electrons. The Labute approximate surface area is 98.0 Å². The van der Waals surface area contributed by atoms with E-state index in [9.17, 15) is 13.6 Å². The molecule has 0 saturated carbocycles. The summed E-state index contributed by atoms with van der Waals surface area (Å²) >= 11 is 0. The quantitative estimate of drug-likeness (QED) is 0.779. The van der Waals surface area contributed by atoms with Crippen molar-refractivity contribution in [2.75, 3.05) is 0 Å². The monoisotopic (exact) mass is 247 g/mol. The predicted molar refractivity (Wildman–Crippen MR) is 58.5 cm³/mol. The zero-order valence-electron chi connectivity index (χ0n) is 9.91. The summed E-state index contributed by atoms with van der Waals surface area (Å²) in [6.45, 7) is 4.68. The van der Waals surface area contributed by atoms with Crippen molar-refractivity contribution in [1.29, 1.82) is 0 Å². The Morgan fingerprint density at radius 1 is 1.53 bits per heavy atom. The number of carboxylic acid groups (broad SMARTS) is 1. The first-order valence-electron chi connectivity index (χ1n) is 5.21. The van der Waals surface area contributed by atoms with Crippen LogP contribution in [0.5, 0.6) is 0 Å². The highest BCUT2D eigenvalue weighted by molar-refractivity contribution is 5.74. The summed E-state index contributed by atoms with van der Waals surface area (Å²) in [5, 5.41) is 8.67. The number of nitrogens with zero attached hydrogens (tertiary/aromatic N) is 1. The molecule has 1 heterocycles. The number of allylic oxidation sites excluding steroid dienone is 1. The Bertz CT molecular complexity index is 377. The lowest BCUT2D eigenvalue weighted by Gasteiger charge is -2.45. The summed E-state index contributed by atoms with van der Waals surface area (Å²) in [6.07, 6.45) is 1.35. The van der Waals surface area contributed by atoms with E-state index in [1.54, 1.807) is 6.92 Å². The van der Waals surface area contributed by atoms with Gasteiger partial charge in [-0.25, -0.2) is 9.79 Å². The van der Waals surface area contributed by atoms with Crippen LogP contribution in [-0.2, 0) is 4.74 Å². The highest BCUT2D eigenvalue weighted by Crippen LogP contribution is 2.50. The Hall–Kier alpha value is -1.46. The molecule has 6 heteroatoms. The first kappa shape index (κ1) is 13.6. The summed E-state index contributed by atoms with van der Waals surface area (Å²) < 4.78 is 32.4. The standard InChI is InChI=1S/C11H15F2NO3/c1-4-9(2,3)11(17-8(15)16)10(12,13)6-5-7-14-11/h5-7H,4H2,1-3H3,(H,15,16). The van der Waals surface area contributed by atoms with Crippen molar-refractivity contribution in [2.45, 2.75) is 38.8 Å². The Kier molecular flexibility index (Phi) is 3.27. The third-order valence-electron chi connectivity index (χ3n) is 3.14. The molecule has 0 aromatic carbocycles. The van der Waals surface area contributed by atoms with Gasteiger partial charge in [-0.15, -0.1) is 0 Å². The van der Waals surface area contributed by atoms with E-state index in [0.29, 0.717) is 12.5 Å². The van der Waals surface area contributed by atoms with Crippen molar-refractivity contribution >= 4 is 12.4 Å². The fraction of sp³-hybridized carbons (Fsp3) is 0.636. The van der Waals surface area contributed by atoms with Crippen LogP contribution in [0.2, 0.25) is 0 Å². The molecule has 0 amide bonds. The minimum absolute atomic E-state index is 0.293. The van der Waals surface area contributed by atoms with Gasteiger partial charge in [0.05, 0.1) is 0 Å². The summed E-state index contributed by atoms with van der Waals surface area (Å²) in [5.74, 6) is -3.47. The lowest BCUT2D eigenvalue weighted by Crippen LogP contribution is -2.59. The average Bonchev–Trinajstić information content (AvgIpc) is 2.20. The van der Waals surface area contributed by atoms with Crippen LogP contribution in [-0.4, -0.2) is 29.1 Å². The van der Waals surface area contributed by atoms with Gasteiger partial charge in [-0.3, -0.25) is 0 Å². The summed E-state index contributed by atoms with van der Waals surface area (Å²) in [6, 6.07) is 0. The van der Waals surface area contributed by atoms with Crippen molar-refractivity contribution in [3.05, 3.63) is 12.2 Å². The number of rotatable bonds is 3. The van der Waals surface area contributed by atoms with Gasteiger partial charge in [0.25, 0.3) is 5.72 Å². The van der Waals surface area contributed by atoms with E-state index < -0.39 is 23.2 Å². The van der Waals surface area contributed by atoms with E-state index in [0.717, 1.165) is 12.3 Å². The summed E-state index contributed by atoms with van der Waals surface area (Å²) in [7, 11) is 0. The smallest absolute Gasteiger partial charge is 0.450 e. The highest BCUT2D eigenvalue weighted by atomic mass is 19.3. The number of halogens is 2. The van der Waals surface area contributed by atoms with Gasteiger partial charge in [0.1, 0.15) is 0 Å². The fourth-order valence-corrected chi connectivity index (χ4v) is 1.74. The molecule has 0 aromatic rings. The number of hydrogen-bond donors (Lipinski definition) is 1. The lowest BCUT2D eigenvalue weighted by atomic mass is 9.74. The Balaban J connectivity index is 3.33. The number of hydrogen-bond acceptors (Lipinski definition) is 3. The molecule has 0 fully saturated rings. The van der Waals surface area contributed by atoms with Gasteiger partial charge >= 0.3 is 12.1 Å². The molecule has 0 aromatic heterocycles. The molecule has 0 radical (unpaired) electrons. The second kappa shape index (κ2) is 4.09. The predicted octanol–water partition coefficient (Wildman–Crippen LogP) is 3.09. The number of carbonyl (C=O) groups is 1. The maximum absolute atomic E-state index is 14.0. The van der Waals surface area contributed by atoms with Gasteiger partial charge < -0.3 is 9.84 Å². The number of ether oxygens (including phenoxy) is 1. The second-order valence-corrected chi connectivity index (χ2v) is 4.51. The van der Waals surface area contributed by atoms with Gasteiger partial charge in [0.2, 0.25) is 0 Å². The Morgan fingerprint density at radius 2 is 2.12 bits per heavy atom. The van der Waals surface area contributed by atoms with Crippen molar-refractivity contribution in [3.63, 3.8) is 0 Å². The Morgan fingerprint density at radius 3 is 2.53 bits per heavy atom. The maximum atomic E-state index is 14.0. The van der Waals surface area contributed by atoms with Crippen LogP contribution >= 0.6 is 0 Å². The lowest BCUT2D eigenvalue weighted by molar-refractivity contribution is -0.210. The molecular formula is C11H15F2NO3. The topological polar surface area (TPSA) is 58.9 Å². The summed E-state index contributed by atoms with van der Waals surface area (Å²) in [5.41, 5.74) is -3.54. The molecule has 4 nitrogen and oxygen atoms in total. The van der Waals surface area contributed by atoms with Crippen LogP contribution in [0.4, 0.5) is 13.6 Å². The van der Waals surface area contributed by atoms with E-state index >= 15 is 0 Å². The van der Waals surface area contributed by atoms with Crippen LogP contribution in [0.3, 0.4) is 0 Å². The minimum Gasteiger partial charge on any atom is -0.450 e. The van der Waals surface area contributed by atoms with Crippen LogP contribution in [0.15, 0.2) is 17.1 Å². The highest BCUT2D eigenvalue weighted by Gasteiger charge is 2.64. The minimum atomic E-state index is -3.47. The molecule has 0 spiro atoms. The van der Waals surface area contributed by atoms with Gasteiger partial charge in [-0.2, -0.15) is 8.78 Å². The summed E-state index contributed by atoms with van der Waals surface area (Å²) in [4.78, 5) is 14.3. The largest absolute Gasteiger partial charge is 0.508 e. The molecule has 1 N–H and O–H groups in total. The molecule has 1 aliphatic rings. The number of aliphatic imine (C=N–C) groups is 1. The van der Waals surface area contributed by atoms with Crippen LogP contribution < -0.4 is 0 Å². The van der Waals surface area contributed by atoms with Gasteiger partial charge in [-0.1, -0.05) is 20.8 Å². The molecule has 1 aliphatic heterocycles. The van der Waals surface area contributed by atoms with Crippen LogP contribution in [0.1, 0.15) is 27.2 Å². The van der Waals surface area contributed by atoms with E-state index in [2.05, 4.69) is 9.73 Å². The van der Waals surface area contributed by atoms with Crippen molar-refractivity contribution in [3.8, 4) is 0 Å². The molecule has 1 unspecified atom stereocenters. The van der Waals surface area contributed by atoms with E-state index in [1.807, 2.05) is 0 Å². The molecule has 1 rings (SSSR count). The zero-order chi connectivity index (χ0) is 13.3.